The minimum atomic E-state index is -0.171. The number of nitrogens with one attached hydrogen (secondary N) is 1. The summed E-state index contributed by atoms with van der Waals surface area (Å²) in [6.07, 6.45) is 2.02. The molecule has 0 aliphatic heterocycles. The summed E-state index contributed by atoms with van der Waals surface area (Å²) < 4.78 is 8.29. The molecule has 142 valence electrons. The number of carbonyl (C=O) groups is 1. The number of benzene rings is 2. The van der Waals surface area contributed by atoms with Crippen molar-refractivity contribution in [2.75, 3.05) is 18.2 Å². The van der Waals surface area contributed by atoms with Gasteiger partial charge in [-0.2, -0.15) is 11.8 Å². The molecule has 0 fully saturated rings. The van der Waals surface area contributed by atoms with E-state index in [1.165, 1.54) is 0 Å². The summed E-state index contributed by atoms with van der Waals surface area (Å²) in [6, 6.07) is 11.2. The first-order valence-electron chi connectivity index (χ1n) is 8.38. The Kier molecular flexibility index (Phi) is 6.68. The van der Waals surface area contributed by atoms with Gasteiger partial charge in [0.15, 0.2) is 5.75 Å². The Morgan fingerprint density at radius 1 is 1.37 bits per heavy atom. The quantitative estimate of drug-likeness (QED) is 0.508. The van der Waals surface area contributed by atoms with Crippen molar-refractivity contribution < 1.29 is 9.53 Å². The highest BCUT2D eigenvalue weighted by Gasteiger charge is 2.16. The van der Waals surface area contributed by atoms with Crippen LogP contribution in [0, 0.1) is 0 Å². The smallest absolute Gasteiger partial charge is 0.244 e. The van der Waals surface area contributed by atoms with Gasteiger partial charge in [-0.3, -0.25) is 4.79 Å². The van der Waals surface area contributed by atoms with Crippen LogP contribution in [0.15, 0.2) is 40.9 Å². The number of fused-ring (bicyclic) bond motifs is 1. The van der Waals surface area contributed by atoms with Crippen molar-refractivity contribution >= 4 is 61.9 Å². The second-order valence-electron chi connectivity index (χ2n) is 5.78. The molecule has 0 spiro atoms. The number of anilines is 1. The van der Waals surface area contributed by atoms with E-state index in [0.29, 0.717) is 27.5 Å². The van der Waals surface area contributed by atoms with Gasteiger partial charge in [0.2, 0.25) is 5.91 Å². The van der Waals surface area contributed by atoms with Crippen LogP contribution in [0.4, 0.5) is 5.69 Å². The Morgan fingerprint density at radius 2 is 2.15 bits per heavy atom. The highest BCUT2D eigenvalue weighted by molar-refractivity contribution is 9.10. The monoisotopic (exact) mass is 467 g/mol. The Morgan fingerprint density at radius 3 is 2.89 bits per heavy atom. The number of halogens is 2. The van der Waals surface area contributed by atoms with Gasteiger partial charge in [-0.25, -0.2) is 4.98 Å². The lowest BCUT2D eigenvalue weighted by Gasteiger charge is -2.15. The van der Waals surface area contributed by atoms with Gasteiger partial charge in [0, 0.05) is 5.02 Å². The van der Waals surface area contributed by atoms with E-state index in [1.807, 2.05) is 42.0 Å². The number of thioether (sulfide) groups is 1. The molecule has 0 unspecified atom stereocenters. The van der Waals surface area contributed by atoms with Crippen molar-refractivity contribution in [2.45, 2.75) is 19.2 Å². The number of para-hydroxylation sites is 2. The fraction of sp³-hybridized carbons (Fsp3) is 0.263. The number of carbonyl (C=O) groups excluding carboxylic acids is 1. The van der Waals surface area contributed by atoms with Crippen LogP contribution in [-0.2, 0) is 17.1 Å². The lowest BCUT2D eigenvalue weighted by molar-refractivity contribution is -0.116. The van der Waals surface area contributed by atoms with Crippen molar-refractivity contribution in [3.05, 3.63) is 51.7 Å². The summed E-state index contributed by atoms with van der Waals surface area (Å²) in [5, 5.41) is 3.43. The molecule has 5 nitrogen and oxygen atoms in total. The van der Waals surface area contributed by atoms with Gasteiger partial charge in [-0.05, 0) is 53.4 Å². The predicted octanol–water partition coefficient (Wildman–Crippen LogP) is 5.35. The number of hydrogen-bond acceptors (Lipinski definition) is 4. The van der Waals surface area contributed by atoms with Crippen LogP contribution in [0.25, 0.3) is 11.0 Å². The van der Waals surface area contributed by atoms with Gasteiger partial charge in [0.1, 0.15) is 12.4 Å². The second-order valence-corrected chi connectivity index (χ2v) is 7.94. The molecule has 0 radical (unpaired) electrons. The number of aromatic nitrogens is 2. The first-order chi connectivity index (χ1) is 13.0. The first-order valence-corrected chi connectivity index (χ1v) is 10.9. The third-order valence-electron chi connectivity index (χ3n) is 3.88. The Bertz CT molecular complexity index is 977. The third-order valence-corrected chi connectivity index (χ3v) is 5.23. The van der Waals surface area contributed by atoms with Gasteiger partial charge in [0.05, 0.1) is 33.6 Å². The molecule has 1 aromatic heterocycles. The molecule has 1 heterocycles. The minimum absolute atomic E-state index is 0.159. The number of hydrogen-bond donors (Lipinski definition) is 1. The van der Waals surface area contributed by atoms with Gasteiger partial charge < -0.3 is 14.6 Å². The third kappa shape index (κ3) is 4.59. The molecule has 3 rings (SSSR count). The van der Waals surface area contributed by atoms with E-state index in [4.69, 9.17) is 16.3 Å². The number of amides is 1. The largest absolute Gasteiger partial charge is 0.491 e. The van der Waals surface area contributed by atoms with E-state index >= 15 is 0 Å². The highest BCUT2D eigenvalue weighted by atomic mass is 79.9. The van der Waals surface area contributed by atoms with Gasteiger partial charge in [-0.15, -0.1) is 0 Å². The topological polar surface area (TPSA) is 56.1 Å². The molecule has 0 saturated heterocycles. The number of rotatable bonds is 7. The fourth-order valence-corrected chi connectivity index (χ4v) is 4.22. The average Bonchev–Trinajstić information content (AvgIpc) is 2.96. The van der Waals surface area contributed by atoms with Crippen LogP contribution >= 0.6 is 39.3 Å². The summed E-state index contributed by atoms with van der Waals surface area (Å²) in [5.41, 5.74) is 2.36. The van der Waals surface area contributed by atoms with E-state index < -0.39 is 0 Å². The normalized spacial score (nSPS) is 11.0. The standard InChI is InChI=1S/C19H19BrClN3O2S/c1-3-26-19-13(20)8-12(21)9-15(19)23-18(25)10-24-16-7-5-4-6-14(16)22-17(24)11-27-2/h4-9H,3,10-11H2,1-2H3,(H,23,25). The molecule has 2 aromatic carbocycles. The summed E-state index contributed by atoms with van der Waals surface area (Å²) >= 11 is 11.2. The number of nitrogens with zero attached hydrogens (tertiary/aromatic N) is 2. The molecule has 0 atom stereocenters. The van der Waals surface area contributed by atoms with Crippen LogP contribution in [0.2, 0.25) is 5.02 Å². The SMILES string of the molecule is CCOc1c(Br)cc(Cl)cc1NC(=O)Cn1c(CSC)nc2ccccc21. The first kappa shape index (κ1) is 20.0. The molecular formula is C19H19BrClN3O2S. The summed E-state index contributed by atoms with van der Waals surface area (Å²) in [6.45, 7) is 2.53. The van der Waals surface area contributed by atoms with Crippen LogP contribution in [0.1, 0.15) is 12.7 Å². The molecule has 0 bridgehead atoms. The summed E-state index contributed by atoms with van der Waals surface area (Å²) in [7, 11) is 0. The minimum Gasteiger partial charge on any atom is -0.491 e. The van der Waals surface area contributed by atoms with Crippen LogP contribution in [-0.4, -0.2) is 28.3 Å². The lowest BCUT2D eigenvalue weighted by Crippen LogP contribution is -2.20. The van der Waals surface area contributed by atoms with E-state index in [9.17, 15) is 4.79 Å². The maximum absolute atomic E-state index is 12.8. The molecule has 0 aliphatic rings. The van der Waals surface area contributed by atoms with Gasteiger partial charge in [-0.1, -0.05) is 23.7 Å². The van der Waals surface area contributed by atoms with Crippen molar-refractivity contribution in [3.63, 3.8) is 0 Å². The molecule has 0 aliphatic carbocycles. The van der Waals surface area contributed by atoms with E-state index in [0.717, 1.165) is 22.6 Å². The number of ether oxygens (including phenoxy) is 1. The maximum Gasteiger partial charge on any atom is 0.244 e. The molecule has 8 heteroatoms. The second kappa shape index (κ2) is 8.99. The summed E-state index contributed by atoms with van der Waals surface area (Å²) in [5.74, 6) is 2.00. The van der Waals surface area contributed by atoms with E-state index in [2.05, 4.69) is 26.2 Å². The predicted molar refractivity (Wildman–Crippen MR) is 116 cm³/mol. The Balaban J connectivity index is 1.89. The van der Waals surface area contributed by atoms with Gasteiger partial charge in [0.25, 0.3) is 0 Å². The molecule has 0 saturated carbocycles. The summed E-state index contributed by atoms with van der Waals surface area (Å²) in [4.78, 5) is 17.4. The lowest BCUT2D eigenvalue weighted by atomic mass is 10.3. The van der Waals surface area contributed by atoms with Crippen molar-refractivity contribution in [2.24, 2.45) is 0 Å². The van der Waals surface area contributed by atoms with Crippen molar-refractivity contribution in [1.29, 1.82) is 0 Å². The molecule has 1 amide bonds. The zero-order valence-corrected chi connectivity index (χ0v) is 18.1. The van der Waals surface area contributed by atoms with Crippen LogP contribution in [0.5, 0.6) is 5.75 Å². The molecule has 1 N–H and O–H groups in total. The van der Waals surface area contributed by atoms with Crippen molar-refractivity contribution in [3.8, 4) is 5.75 Å². The average molecular weight is 469 g/mol. The molecular weight excluding hydrogens is 450 g/mol. The number of imidazole rings is 1. The van der Waals surface area contributed by atoms with E-state index in [-0.39, 0.29) is 12.5 Å². The van der Waals surface area contributed by atoms with Gasteiger partial charge >= 0.3 is 0 Å². The maximum atomic E-state index is 12.8. The van der Waals surface area contributed by atoms with Crippen LogP contribution in [0.3, 0.4) is 0 Å². The zero-order valence-electron chi connectivity index (χ0n) is 15.0. The highest BCUT2D eigenvalue weighted by Crippen LogP contribution is 2.36. The fourth-order valence-electron chi connectivity index (χ4n) is 2.82. The molecule has 27 heavy (non-hydrogen) atoms. The van der Waals surface area contributed by atoms with E-state index in [1.54, 1.807) is 23.9 Å². The molecule has 3 aromatic rings. The Hall–Kier alpha value is -1.70. The van der Waals surface area contributed by atoms with Crippen LogP contribution < -0.4 is 10.1 Å². The van der Waals surface area contributed by atoms with Crippen molar-refractivity contribution in [1.82, 2.24) is 9.55 Å². The zero-order chi connectivity index (χ0) is 19.4. The Labute approximate surface area is 175 Å².